The molecule has 2 rings (SSSR count). The first-order valence-electron chi connectivity index (χ1n) is 6.46. The van der Waals surface area contributed by atoms with Crippen LogP contribution in [-0.2, 0) is 11.3 Å². The first-order chi connectivity index (χ1) is 8.96. The minimum atomic E-state index is -0.626. The van der Waals surface area contributed by atoms with Gasteiger partial charge in [0.2, 0.25) is 5.91 Å². The van der Waals surface area contributed by atoms with Crippen LogP contribution >= 0.6 is 0 Å². The molecule has 1 aliphatic rings. The third kappa shape index (κ3) is 2.56. The molecule has 0 radical (unpaired) electrons. The van der Waals surface area contributed by atoms with Crippen molar-refractivity contribution in [3.63, 3.8) is 0 Å². The summed E-state index contributed by atoms with van der Waals surface area (Å²) in [6.45, 7) is 5.67. The zero-order valence-electron chi connectivity index (χ0n) is 11.6. The van der Waals surface area contributed by atoms with E-state index in [1.54, 1.807) is 6.07 Å². The van der Waals surface area contributed by atoms with Crippen LogP contribution in [0, 0.1) is 5.82 Å². The molecule has 1 heterocycles. The van der Waals surface area contributed by atoms with E-state index in [9.17, 15) is 9.18 Å². The summed E-state index contributed by atoms with van der Waals surface area (Å²) in [5.74, 6) is -0.258. The van der Waals surface area contributed by atoms with E-state index in [0.717, 1.165) is 17.8 Å². The topological polar surface area (TPSA) is 44.4 Å². The molecule has 104 valence electrons. The number of amides is 1. The lowest BCUT2D eigenvalue weighted by molar-refractivity contribution is -0.126. The van der Waals surface area contributed by atoms with Crippen molar-refractivity contribution in [2.45, 2.75) is 25.9 Å². The van der Waals surface area contributed by atoms with Gasteiger partial charge in [0.05, 0.1) is 0 Å². The third-order valence-corrected chi connectivity index (χ3v) is 3.55. The largest absolute Gasteiger partial charge is 0.355 e. The zero-order chi connectivity index (χ0) is 14.0. The molecule has 1 aromatic rings. The van der Waals surface area contributed by atoms with Crippen LogP contribution in [0.15, 0.2) is 18.2 Å². The number of anilines is 1. The summed E-state index contributed by atoms with van der Waals surface area (Å²) in [6.07, 6.45) is 0. The van der Waals surface area contributed by atoms with Crippen molar-refractivity contribution < 1.29 is 9.18 Å². The Morgan fingerprint density at radius 1 is 1.47 bits per heavy atom. The maximum absolute atomic E-state index is 13.4. The average Bonchev–Trinajstić information content (AvgIpc) is 2.34. The van der Waals surface area contributed by atoms with Crippen molar-refractivity contribution in [2.24, 2.45) is 0 Å². The maximum atomic E-state index is 13.4. The van der Waals surface area contributed by atoms with Crippen LogP contribution in [0.2, 0.25) is 0 Å². The van der Waals surface area contributed by atoms with Gasteiger partial charge in [0.15, 0.2) is 0 Å². The lowest BCUT2D eigenvalue weighted by Gasteiger charge is -2.43. The molecule has 0 aliphatic carbocycles. The van der Waals surface area contributed by atoms with Crippen molar-refractivity contribution in [1.82, 2.24) is 10.6 Å². The molecule has 0 unspecified atom stereocenters. The van der Waals surface area contributed by atoms with E-state index in [4.69, 9.17) is 0 Å². The molecule has 19 heavy (non-hydrogen) atoms. The number of carbonyl (C=O) groups excluding carboxylic acids is 1. The molecule has 1 fully saturated rings. The van der Waals surface area contributed by atoms with Crippen LogP contribution in [-0.4, -0.2) is 31.6 Å². The van der Waals surface area contributed by atoms with Crippen LogP contribution in [0.4, 0.5) is 10.1 Å². The molecule has 0 saturated carbocycles. The van der Waals surface area contributed by atoms with Gasteiger partial charge in [-0.2, -0.15) is 0 Å². The lowest BCUT2D eigenvalue weighted by Crippen LogP contribution is -2.62. The number of halogens is 1. The van der Waals surface area contributed by atoms with Gasteiger partial charge in [0, 0.05) is 25.3 Å². The van der Waals surface area contributed by atoms with E-state index in [2.05, 4.69) is 10.6 Å². The van der Waals surface area contributed by atoms with Crippen LogP contribution in [0.3, 0.4) is 0 Å². The Hall–Kier alpha value is -1.62. The molecule has 4 nitrogen and oxygen atoms in total. The van der Waals surface area contributed by atoms with E-state index in [0.29, 0.717) is 13.1 Å². The summed E-state index contributed by atoms with van der Waals surface area (Å²) in [7, 11) is 1.82. The summed E-state index contributed by atoms with van der Waals surface area (Å²) < 4.78 is 13.4. The predicted molar refractivity (Wildman–Crippen MR) is 73.6 cm³/mol. The first-order valence-corrected chi connectivity index (χ1v) is 6.46. The van der Waals surface area contributed by atoms with E-state index in [-0.39, 0.29) is 11.7 Å². The molecule has 1 aliphatic heterocycles. The first kappa shape index (κ1) is 13.8. The number of hydrogen-bond donors (Lipinski definition) is 2. The van der Waals surface area contributed by atoms with Gasteiger partial charge in [-0.1, -0.05) is 0 Å². The molecule has 1 aromatic carbocycles. The Bertz CT molecular complexity index is 488. The quantitative estimate of drug-likeness (QED) is 0.865. The number of rotatable bonds is 3. The van der Waals surface area contributed by atoms with Crippen molar-refractivity contribution >= 4 is 11.6 Å². The van der Waals surface area contributed by atoms with E-state index in [1.807, 2.05) is 25.8 Å². The van der Waals surface area contributed by atoms with Gasteiger partial charge in [-0.25, -0.2) is 4.39 Å². The highest BCUT2D eigenvalue weighted by atomic mass is 19.1. The Kier molecular flexibility index (Phi) is 3.75. The normalized spacial score (nSPS) is 18.3. The summed E-state index contributed by atoms with van der Waals surface area (Å²) >= 11 is 0. The Morgan fingerprint density at radius 2 is 2.21 bits per heavy atom. The molecule has 1 saturated heterocycles. The Labute approximate surface area is 113 Å². The van der Waals surface area contributed by atoms with Crippen LogP contribution in [0.25, 0.3) is 0 Å². The van der Waals surface area contributed by atoms with Crippen LogP contribution in [0.1, 0.15) is 19.4 Å². The molecule has 5 heteroatoms. The fourth-order valence-corrected chi connectivity index (χ4v) is 2.47. The van der Waals surface area contributed by atoms with Gasteiger partial charge in [0.1, 0.15) is 11.4 Å². The third-order valence-electron chi connectivity index (χ3n) is 3.55. The standard InChI is InChI=1S/C14H20FN3O/c1-14(2)13(19)17-6-7-18(14)12-5-4-11(15)8-10(12)9-16-3/h4-5,8,16H,6-7,9H2,1-3H3,(H,17,19). The van der Waals surface area contributed by atoms with Gasteiger partial charge < -0.3 is 15.5 Å². The highest BCUT2D eigenvalue weighted by Gasteiger charge is 2.38. The second-order valence-electron chi connectivity index (χ2n) is 5.27. The summed E-state index contributed by atoms with van der Waals surface area (Å²) in [4.78, 5) is 14.0. The van der Waals surface area contributed by atoms with Gasteiger partial charge in [0.25, 0.3) is 0 Å². The molecular formula is C14H20FN3O. The Morgan fingerprint density at radius 3 is 2.89 bits per heavy atom. The van der Waals surface area contributed by atoms with Gasteiger partial charge in [-0.05, 0) is 44.7 Å². The smallest absolute Gasteiger partial charge is 0.245 e. The highest BCUT2D eigenvalue weighted by Crippen LogP contribution is 2.29. The minimum absolute atomic E-state index is 0.00140. The Balaban J connectivity index is 2.42. The van der Waals surface area contributed by atoms with Crippen molar-refractivity contribution in [3.05, 3.63) is 29.6 Å². The van der Waals surface area contributed by atoms with E-state index in [1.165, 1.54) is 12.1 Å². The second kappa shape index (κ2) is 5.17. The number of nitrogens with one attached hydrogen (secondary N) is 2. The summed E-state index contributed by atoms with van der Waals surface area (Å²) in [5.41, 5.74) is 1.15. The number of piperazine rings is 1. The van der Waals surface area contributed by atoms with Crippen molar-refractivity contribution in [2.75, 3.05) is 25.0 Å². The maximum Gasteiger partial charge on any atom is 0.245 e. The minimum Gasteiger partial charge on any atom is -0.355 e. The number of carbonyl (C=O) groups is 1. The monoisotopic (exact) mass is 265 g/mol. The van der Waals surface area contributed by atoms with Gasteiger partial charge in [-0.3, -0.25) is 4.79 Å². The molecule has 2 N–H and O–H groups in total. The zero-order valence-corrected chi connectivity index (χ0v) is 11.6. The molecule has 0 spiro atoms. The number of hydrogen-bond acceptors (Lipinski definition) is 3. The average molecular weight is 265 g/mol. The summed E-state index contributed by atoms with van der Waals surface area (Å²) in [5, 5.41) is 5.90. The molecule has 1 amide bonds. The van der Waals surface area contributed by atoms with Crippen molar-refractivity contribution in [1.29, 1.82) is 0 Å². The lowest BCUT2D eigenvalue weighted by atomic mass is 9.96. The number of benzene rings is 1. The summed E-state index contributed by atoms with van der Waals surface area (Å²) in [6, 6.07) is 4.72. The molecule has 0 atom stereocenters. The second-order valence-corrected chi connectivity index (χ2v) is 5.27. The fourth-order valence-electron chi connectivity index (χ4n) is 2.47. The van der Waals surface area contributed by atoms with Crippen LogP contribution < -0.4 is 15.5 Å². The fraction of sp³-hybridized carbons (Fsp3) is 0.500. The highest BCUT2D eigenvalue weighted by molar-refractivity contribution is 5.90. The molecular weight excluding hydrogens is 245 g/mol. The predicted octanol–water partition coefficient (Wildman–Crippen LogP) is 1.26. The van der Waals surface area contributed by atoms with Gasteiger partial charge >= 0.3 is 0 Å². The van der Waals surface area contributed by atoms with E-state index >= 15 is 0 Å². The molecule has 0 bridgehead atoms. The van der Waals surface area contributed by atoms with E-state index < -0.39 is 5.54 Å². The SMILES string of the molecule is CNCc1cc(F)ccc1N1CCNC(=O)C1(C)C. The van der Waals surface area contributed by atoms with Crippen molar-refractivity contribution in [3.8, 4) is 0 Å². The van der Waals surface area contributed by atoms with Crippen LogP contribution in [0.5, 0.6) is 0 Å². The number of nitrogens with zero attached hydrogens (tertiary/aromatic N) is 1. The molecule has 0 aromatic heterocycles. The van der Waals surface area contributed by atoms with Gasteiger partial charge in [-0.15, -0.1) is 0 Å².